The van der Waals surface area contributed by atoms with Gasteiger partial charge < -0.3 is 4.74 Å². The van der Waals surface area contributed by atoms with E-state index in [0.717, 1.165) is 29.3 Å². The van der Waals surface area contributed by atoms with E-state index in [4.69, 9.17) is 4.74 Å². The van der Waals surface area contributed by atoms with Crippen LogP contribution in [0.15, 0.2) is 30.5 Å². The topological polar surface area (TPSA) is 22.1 Å². The minimum Gasteiger partial charge on any atom is -0.439 e. The fourth-order valence-corrected chi connectivity index (χ4v) is 1.81. The lowest BCUT2D eigenvalue weighted by Gasteiger charge is -2.08. The highest BCUT2D eigenvalue weighted by molar-refractivity contribution is 9.08. The summed E-state index contributed by atoms with van der Waals surface area (Å²) in [5.41, 5.74) is 1.81. The molecule has 2 nitrogen and oxygen atoms in total. The molecule has 0 spiro atoms. The van der Waals surface area contributed by atoms with Crippen molar-refractivity contribution < 1.29 is 13.5 Å². The summed E-state index contributed by atoms with van der Waals surface area (Å²) in [4.78, 5) is 4.11. The summed E-state index contributed by atoms with van der Waals surface area (Å²) >= 11 is 3.32. The highest BCUT2D eigenvalue weighted by Crippen LogP contribution is 2.25. The lowest BCUT2D eigenvalue weighted by molar-refractivity contribution is 0.447. The Bertz CT molecular complexity index is 555. The minimum absolute atomic E-state index is 0.0923. The largest absolute Gasteiger partial charge is 0.439 e. The SMILES string of the molecule is Cc1cc(CBr)cnc1Oc1cc(F)cc(F)c1. The van der Waals surface area contributed by atoms with Gasteiger partial charge in [-0.25, -0.2) is 13.8 Å². The number of aryl methyl sites for hydroxylation is 1. The second kappa shape index (κ2) is 5.44. The van der Waals surface area contributed by atoms with Crippen molar-refractivity contribution >= 4 is 15.9 Å². The predicted molar refractivity (Wildman–Crippen MR) is 68.0 cm³/mol. The number of rotatable bonds is 3. The summed E-state index contributed by atoms with van der Waals surface area (Å²) < 4.78 is 31.4. The third-order valence-electron chi connectivity index (χ3n) is 2.29. The molecule has 1 heterocycles. The van der Waals surface area contributed by atoms with E-state index >= 15 is 0 Å². The molecule has 0 aliphatic rings. The van der Waals surface area contributed by atoms with Gasteiger partial charge in [0, 0.05) is 35.3 Å². The Balaban J connectivity index is 2.28. The molecule has 0 N–H and O–H groups in total. The van der Waals surface area contributed by atoms with Crippen molar-refractivity contribution in [3.63, 3.8) is 0 Å². The van der Waals surface area contributed by atoms with Crippen LogP contribution in [0.5, 0.6) is 11.6 Å². The number of nitrogens with zero attached hydrogens (tertiary/aromatic N) is 1. The molecule has 94 valence electrons. The predicted octanol–water partition coefficient (Wildman–Crippen LogP) is 4.36. The first kappa shape index (κ1) is 13.0. The zero-order valence-electron chi connectivity index (χ0n) is 9.58. The Morgan fingerprint density at radius 1 is 1.17 bits per heavy atom. The molecule has 18 heavy (non-hydrogen) atoms. The average molecular weight is 314 g/mol. The Morgan fingerprint density at radius 2 is 1.83 bits per heavy atom. The van der Waals surface area contributed by atoms with Gasteiger partial charge in [-0.15, -0.1) is 0 Å². The Kier molecular flexibility index (Phi) is 3.91. The highest BCUT2D eigenvalue weighted by atomic mass is 79.9. The maximum Gasteiger partial charge on any atom is 0.222 e. The molecule has 0 saturated heterocycles. The van der Waals surface area contributed by atoms with Crippen LogP contribution in [0, 0.1) is 18.6 Å². The third-order valence-corrected chi connectivity index (χ3v) is 2.94. The number of aromatic nitrogens is 1. The number of hydrogen-bond donors (Lipinski definition) is 0. The first-order chi connectivity index (χ1) is 8.58. The number of ether oxygens (including phenoxy) is 1. The van der Waals surface area contributed by atoms with Gasteiger partial charge in [-0.3, -0.25) is 0 Å². The zero-order chi connectivity index (χ0) is 13.1. The summed E-state index contributed by atoms with van der Waals surface area (Å²) in [6.45, 7) is 1.82. The molecule has 2 rings (SSSR count). The fourth-order valence-electron chi connectivity index (χ4n) is 1.50. The van der Waals surface area contributed by atoms with Gasteiger partial charge in [-0.05, 0) is 18.6 Å². The molecule has 0 radical (unpaired) electrons. The Labute approximate surface area is 112 Å². The zero-order valence-corrected chi connectivity index (χ0v) is 11.2. The quantitative estimate of drug-likeness (QED) is 0.786. The lowest BCUT2D eigenvalue weighted by atomic mass is 10.2. The van der Waals surface area contributed by atoms with Crippen LogP contribution in [0.4, 0.5) is 8.78 Å². The molecule has 2 aromatic rings. The molecule has 0 atom stereocenters. The van der Waals surface area contributed by atoms with Crippen molar-refractivity contribution in [3.8, 4) is 11.6 Å². The van der Waals surface area contributed by atoms with Crippen molar-refractivity contribution in [2.75, 3.05) is 0 Å². The van der Waals surface area contributed by atoms with Crippen LogP contribution in [0.2, 0.25) is 0 Å². The molecule has 5 heteroatoms. The molecule has 0 amide bonds. The average Bonchev–Trinajstić information content (AvgIpc) is 2.30. The van der Waals surface area contributed by atoms with Gasteiger partial charge in [0.25, 0.3) is 0 Å². The Hall–Kier alpha value is -1.49. The van der Waals surface area contributed by atoms with Crippen LogP contribution in [0.3, 0.4) is 0 Å². The van der Waals surface area contributed by atoms with Crippen LogP contribution in [0.25, 0.3) is 0 Å². The maximum absolute atomic E-state index is 13.0. The maximum atomic E-state index is 13.0. The van der Waals surface area contributed by atoms with Crippen molar-refractivity contribution in [2.45, 2.75) is 12.3 Å². The van der Waals surface area contributed by atoms with Crippen LogP contribution in [-0.2, 0) is 5.33 Å². The third kappa shape index (κ3) is 3.04. The molecule has 1 aromatic heterocycles. The van der Waals surface area contributed by atoms with E-state index in [1.807, 2.05) is 13.0 Å². The number of alkyl halides is 1. The summed E-state index contributed by atoms with van der Waals surface area (Å²) in [6, 6.07) is 4.92. The van der Waals surface area contributed by atoms with Crippen LogP contribution >= 0.6 is 15.9 Å². The van der Waals surface area contributed by atoms with E-state index in [1.54, 1.807) is 6.20 Å². The van der Waals surface area contributed by atoms with Gasteiger partial charge in [0.2, 0.25) is 5.88 Å². The monoisotopic (exact) mass is 313 g/mol. The van der Waals surface area contributed by atoms with Crippen molar-refractivity contribution in [2.24, 2.45) is 0 Å². The van der Waals surface area contributed by atoms with E-state index in [9.17, 15) is 8.78 Å². The normalized spacial score (nSPS) is 10.4. The summed E-state index contributed by atoms with van der Waals surface area (Å²) in [5, 5.41) is 0.690. The molecule has 0 unspecified atom stereocenters. The number of hydrogen-bond acceptors (Lipinski definition) is 2. The van der Waals surface area contributed by atoms with E-state index < -0.39 is 11.6 Å². The van der Waals surface area contributed by atoms with E-state index in [-0.39, 0.29) is 5.75 Å². The van der Waals surface area contributed by atoms with Crippen LogP contribution in [0.1, 0.15) is 11.1 Å². The highest BCUT2D eigenvalue weighted by Gasteiger charge is 2.07. The number of pyridine rings is 1. The molecule has 0 aliphatic heterocycles. The lowest BCUT2D eigenvalue weighted by Crippen LogP contribution is -1.94. The van der Waals surface area contributed by atoms with Gasteiger partial charge in [0.05, 0.1) is 0 Å². The Morgan fingerprint density at radius 3 is 2.39 bits per heavy atom. The first-order valence-electron chi connectivity index (χ1n) is 5.24. The van der Waals surface area contributed by atoms with Crippen molar-refractivity contribution in [1.82, 2.24) is 4.98 Å². The van der Waals surface area contributed by atoms with Gasteiger partial charge in [-0.1, -0.05) is 15.9 Å². The summed E-state index contributed by atoms with van der Waals surface area (Å²) in [5.74, 6) is -0.932. The first-order valence-corrected chi connectivity index (χ1v) is 6.36. The number of halogens is 3. The van der Waals surface area contributed by atoms with Gasteiger partial charge >= 0.3 is 0 Å². The van der Waals surface area contributed by atoms with E-state index in [2.05, 4.69) is 20.9 Å². The second-order valence-corrected chi connectivity index (χ2v) is 4.37. The van der Waals surface area contributed by atoms with Gasteiger partial charge in [0.1, 0.15) is 17.4 Å². The molecule has 0 bridgehead atoms. The second-order valence-electron chi connectivity index (χ2n) is 3.81. The standard InChI is InChI=1S/C13H10BrF2NO/c1-8-2-9(6-14)7-17-13(8)18-12-4-10(15)3-11(16)5-12/h2-5,7H,6H2,1H3. The van der Waals surface area contributed by atoms with E-state index in [0.29, 0.717) is 11.2 Å². The molecular formula is C13H10BrF2NO. The molecule has 0 aliphatic carbocycles. The summed E-state index contributed by atoms with van der Waals surface area (Å²) in [6.07, 6.45) is 1.65. The van der Waals surface area contributed by atoms with Crippen LogP contribution < -0.4 is 4.74 Å². The number of benzene rings is 1. The van der Waals surface area contributed by atoms with Gasteiger partial charge in [0.15, 0.2) is 0 Å². The smallest absolute Gasteiger partial charge is 0.222 e. The molecule has 1 aromatic carbocycles. The minimum atomic E-state index is -0.681. The molecule has 0 fully saturated rings. The van der Waals surface area contributed by atoms with Crippen LogP contribution in [-0.4, -0.2) is 4.98 Å². The van der Waals surface area contributed by atoms with Gasteiger partial charge in [-0.2, -0.15) is 0 Å². The van der Waals surface area contributed by atoms with Crippen molar-refractivity contribution in [3.05, 3.63) is 53.2 Å². The van der Waals surface area contributed by atoms with Crippen molar-refractivity contribution in [1.29, 1.82) is 0 Å². The molecular weight excluding hydrogens is 304 g/mol. The summed E-state index contributed by atoms with van der Waals surface area (Å²) in [7, 11) is 0. The fraction of sp³-hybridized carbons (Fsp3) is 0.154. The van der Waals surface area contributed by atoms with E-state index in [1.165, 1.54) is 0 Å². The molecule has 0 saturated carbocycles.